The van der Waals surface area contributed by atoms with Crippen LogP contribution in [0.3, 0.4) is 0 Å². The number of hydrogen-bond donors (Lipinski definition) is 1. The van der Waals surface area contributed by atoms with E-state index in [0.29, 0.717) is 0 Å². The van der Waals surface area contributed by atoms with Crippen LogP contribution in [0.25, 0.3) is 0 Å². The van der Waals surface area contributed by atoms with Crippen molar-refractivity contribution in [3.05, 3.63) is 23.0 Å². The SMILES string of the molecule is Cc1cc2c(n1N1CCCCC1)CCCC2N. The molecule has 1 aliphatic carbocycles. The lowest BCUT2D eigenvalue weighted by molar-refractivity contribution is 0.452. The highest BCUT2D eigenvalue weighted by molar-refractivity contribution is 5.34. The van der Waals surface area contributed by atoms with Crippen LogP contribution in [0.5, 0.6) is 0 Å². The molecule has 1 aromatic rings. The van der Waals surface area contributed by atoms with Gasteiger partial charge < -0.3 is 10.7 Å². The molecule has 1 atom stereocenters. The second-order valence-electron chi connectivity index (χ2n) is 5.51. The molecule has 1 fully saturated rings. The molecule has 3 heteroatoms. The average molecular weight is 233 g/mol. The van der Waals surface area contributed by atoms with Gasteiger partial charge in [0.05, 0.1) is 0 Å². The summed E-state index contributed by atoms with van der Waals surface area (Å²) in [5, 5.41) is 2.52. The Hall–Kier alpha value is -0.960. The number of aryl methyl sites for hydroxylation is 1. The summed E-state index contributed by atoms with van der Waals surface area (Å²) < 4.78 is 2.47. The maximum absolute atomic E-state index is 6.23. The fourth-order valence-corrected chi connectivity index (χ4v) is 3.39. The molecule has 2 heterocycles. The summed E-state index contributed by atoms with van der Waals surface area (Å²) in [5.74, 6) is 0. The van der Waals surface area contributed by atoms with E-state index >= 15 is 0 Å². The van der Waals surface area contributed by atoms with Crippen molar-refractivity contribution in [1.82, 2.24) is 4.68 Å². The summed E-state index contributed by atoms with van der Waals surface area (Å²) >= 11 is 0. The quantitative estimate of drug-likeness (QED) is 0.807. The Bertz CT molecular complexity index is 402. The summed E-state index contributed by atoms with van der Waals surface area (Å²) in [7, 11) is 0. The normalized spacial score (nSPS) is 24.8. The molecule has 0 spiro atoms. The summed E-state index contributed by atoms with van der Waals surface area (Å²) in [4.78, 5) is 0. The van der Waals surface area contributed by atoms with Gasteiger partial charge in [-0.3, -0.25) is 4.68 Å². The number of nitrogens with zero attached hydrogens (tertiary/aromatic N) is 2. The highest BCUT2D eigenvalue weighted by Crippen LogP contribution is 2.31. The standard InChI is InChI=1S/C14H23N3/c1-11-10-12-13(15)6-5-7-14(12)17(11)16-8-3-2-4-9-16/h10,13H,2-9,15H2,1H3. The molecule has 0 amide bonds. The van der Waals surface area contributed by atoms with Crippen molar-refractivity contribution >= 4 is 0 Å². The van der Waals surface area contributed by atoms with Crippen molar-refractivity contribution < 1.29 is 0 Å². The molecule has 3 rings (SSSR count). The van der Waals surface area contributed by atoms with E-state index in [4.69, 9.17) is 5.73 Å². The van der Waals surface area contributed by atoms with Crippen LogP contribution >= 0.6 is 0 Å². The Kier molecular flexibility index (Phi) is 2.87. The van der Waals surface area contributed by atoms with Gasteiger partial charge in [-0.05, 0) is 57.1 Å². The van der Waals surface area contributed by atoms with Crippen LogP contribution in [0.15, 0.2) is 6.07 Å². The van der Waals surface area contributed by atoms with E-state index in [9.17, 15) is 0 Å². The monoisotopic (exact) mass is 233 g/mol. The largest absolute Gasteiger partial charge is 0.324 e. The third-order valence-corrected chi connectivity index (χ3v) is 4.23. The first-order valence-electron chi connectivity index (χ1n) is 6.99. The Labute approximate surface area is 104 Å². The van der Waals surface area contributed by atoms with Crippen LogP contribution < -0.4 is 10.7 Å². The van der Waals surface area contributed by atoms with Crippen molar-refractivity contribution in [3.8, 4) is 0 Å². The third-order valence-electron chi connectivity index (χ3n) is 4.23. The Morgan fingerprint density at radius 2 is 1.94 bits per heavy atom. The maximum atomic E-state index is 6.23. The Morgan fingerprint density at radius 3 is 2.71 bits per heavy atom. The van der Waals surface area contributed by atoms with Crippen molar-refractivity contribution in [1.29, 1.82) is 0 Å². The van der Waals surface area contributed by atoms with E-state index < -0.39 is 0 Å². The lowest BCUT2D eigenvalue weighted by Gasteiger charge is -2.34. The van der Waals surface area contributed by atoms with Gasteiger partial charge in [0.15, 0.2) is 0 Å². The highest BCUT2D eigenvalue weighted by atomic mass is 15.6. The van der Waals surface area contributed by atoms with Crippen LogP contribution in [-0.2, 0) is 6.42 Å². The van der Waals surface area contributed by atoms with Crippen molar-refractivity contribution in [2.45, 2.75) is 51.5 Å². The summed E-state index contributed by atoms with van der Waals surface area (Å²) in [6.45, 7) is 4.63. The maximum Gasteiger partial charge on any atom is 0.0447 e. The van der Waals surface area contributed by atoms with Gasteiger partial charge >= 0.3 is 0 Å². The first-order valence-corrected chi connectivity index (χ1v) is 6.99. The molecule has 2 aliphatic rings. The zero-order chi connectivity index (χ0) is 11.8. The zero-order valence-corrected chi connectivity index (χ0v) is 10.8. The van der Waals surface area contributed by atoms with Crippen LogP contribution in [0.4, 0.5) is 0 Å². The minimum absolute atomic E-state index is 0.267. The number of rotatable bonds is 1. The Morgan fingerprint density at radius 1 is 1.18 bits per heavy atom. The van der Waals surface area contributed by atoms with Gasteiger partial charge in [0, 0.05) is 30.5 Å². The van der Waals surface area contributed by atoms with Gasteiger partial charge in [-0.25, -0.2) is 0 Å². The number of fused-ring (bicyclic) bond motifs is 1. The Balaban J connectivity index is 1.98. The molecule has 1 saturated heterocycles. The van der Waals surface area contributed by atoms with Crippen LogP contribution in [-0.4, -0.2) is 17.8 Å². The first kappa shape index (κ1) is 11.1. The van der Waals surface area contributed by atoms with Gasteiger partial charge in [-0.2, -0.15) is 0 Å². The number of piperidine rings is 1. The van der Waals surface area contributed by atoms with Crippen molar-refractivity contribution in [3.63, 3.8) is 0 Å². The molecule has 94 valence electrons. The molecule has 0 saturated carbocycles. The van der Waals surface area contributed by atoms with Gasteiger partial charge in [-0.1, -0.05) is 0 Å². The minimum Gasteiger partial charge on any atom is -0.324 e. The van der Waals surface area contributed by atoms with Crippen LogP contribution in [0.1, 0.15) is 55.1 Å². The molecule has 0 aromatic carbocycles. The topological polar surface area (TPSA) is 34.2 Å². The molecular formula is C14H23N3. The summed E-state index contributed by atoms with van der Waals surface area (Å²) in [6, 6.07) is 2.58. The van der Waals surface area contributed by atoms with E-state index in [1.807, 2.05) is 0 Å². The number of aromatic nitrogens is 1. The first-order chi connectivity index (χ1) is 8.27. The zero-order valence-electron chi connectivity index (χ0n) is 10.8. The number of hydrogen-bond acceptors (Lipinski definition) is 2. The van der Waals surface area contributed by atoms with Crippen molar-refractivity contribution in [2.75, 3.05) is 18.1 Å². The molecule has 1 aliphatic heterocycles. The fourth-order valence-electron chi connectivity index (χ4n) is 3.39. The second kappa shape index (κ2) is 4.37. The van der Waals surface area contributed by atoms with Crippen LogP contribution in [0, 0.1) is 6.92 Å². The van der Waals surface area contributed by atoms with E-state index in [1.165, 1.54) is 62.1 Å². The van der Waals surface area contributed by atoms with Crippen LogP contribution in [0.2, 0.25) is 0 Å². The lowest BCUT2D eigenvalue weighted by Crippen LogP contribution is -2.41. The minimum atomic E-state index is 0.267. The lowest BCUT2D eigenvalue weighted by atomic mass is 9.94. The molecule has 0 bridgehead atoms. The van der Waals surface area contributed by atoms with E-state index in [1.54, 1.807) is 0 Å². The van der Waals surface area contributed by atoms with Gasteiger partial charge in [0.1, 0.15) is 0 Å². The summed E-state index contributed by atoms with van der Waals surface area (Å²) in [6.07, 6.45) is 7.64. The average Bonchev–Trinajstić information content (AvgIpc) is 2.68. The number of nitrogens with two attached hydrogens (primary N) is 1. The van der Waals surface area contributed by atoms with E-state index in [2.05, 4.69) is 22.7 Å². The molecule has 1 aromatic heterocycles. The van der Waals surface area contributed by atoms with Gasteiger partial charge in [-0.15, -0.1) is 0 Å². The van der Waals surface area contributed by atoms with Gasteiger partial charge in [0.2, 0.25) is 0 Å². The highest BCUT2D eigenvalue weighted by Gasteiger charge is 2.24. The molecule has 17 heavy (non-hydrogen) atoms. The van der Waals surface area contributed by atoms with Gasteiger partial charge in [0.25, 0.3) is 0 Å². The van der Waals surface area contributed by atoms with E-state index in [0.717, 1.165) is 6.42 Å². The smallest absolute Gasteiger partial charge is 0.0447 e. The third kappa shape index (κ3) is 1.86. The molecule has 3 nitrogen and oxygen atoms in total. The molecule has 0 radical (unpaired) electrons. The van der Waals surface area contributed by atoms with E-state index in [-0.39, 0.29) is 6.04 Å². The predicted octanol–water partition coefficient (Wildman–Crippen LogP) is 2.25. The second-order valence-corrected chi connectivity index (χ2v) is 5.51. The summed E-state index contributed by atoms with van der Waals surface area (Å²) in [5.41, 5.74) is 10.5. The fraction of sp³-hybridized carbons (Fsp3) is 0.714. The molecular weight excluding hydrogens is 210 g/mol. The predicted molar refractivity (Wildman–Crippen MR) is 70.8 cm³/mol. The van der Waals surface area contributed by atoms with Crippen molar-refractivity contribution in [2.24, 2.45) is 5.73 Å². The molecule has 1 unspecified atom stereocenters. The molecule has 2 N–H and O–H groups in total.